The van der Waals surface area contributed by atoms with Crippen molar-refractivity contribution < 1.29 is 14.3 Å². The zero-order valence-electron chi connectivity index (χ0n) is 16.9. The SMILES string of the molecule is CNc1nc(Nc2ccc(F)cc2)ncc1C#CCCCNC(=O)CC[C@@H](O)CN. The third kappa shape index (κ3) is 8.03. The third-order valence-electron chi connectivity index (χ3n) is 4.13. The fraction of sp³-hybridized carbons (Fsp3) is 0.381. The first-order valence-corrected chi connectivity index (χ1v) is 9.73. The lowest BCUT2D eigenvalue weighted by molar-refractivity contribution is -0.121. The average Bonchev–Trinajstić information content (AvgIpc) is 2.76. The number of aliphatic hydroxyl groups is 1. The first-order chi connectivity index (χ1) is 14.5. The van der Waals surface area contributed by atoms with Gasteiger partial charge in [-0.2, -0.15) is 4.98 Å². The molecule has 0 fully saturated rings. The zero-order valence-corrected chi connectivity index (χ0v) is 16.9. The maximum Gasteiger partial charge on any atom is 0.229 e. The predicted molar refractivity (Wildman–Crippen MR) is 115 cm³/mol. The van der Waals surface area contributed by atoms with Crippen molar-refractivity contribution in [2.75, 3.05) is 30.8 Å². The van der Waals surface area contributed by atoms with Gasteiger partial charge in [0.25, 0.3) is 0 Å². The van der Waals surface area contributed by atoms with Crippen LogP contribution in [0, 0.1) is 17.7 Å². The molecule has 0 saturated carbocycles. The van der Waals surface area contributed by atoms with E-state index in [0.29, 0.717) is 48.8 Å². The second kappa shape index (κ2) is 12.4. The lowest BCUT2D eigenvalue weighted by Gasteiger charge is -2.08. The molecule has 2 rings (SSSR count). The van der Waals surface area contributed by atoms with E-state index in [1.165, 1.54) is 12.1 Å². The molecule has 0 bridgehead atoms. The molecule has 6 N–H and O–H groups in total. The molecule has 0 aliphatic rings. The molecule has 30 heavy (non-hydrogen) atoms. The van der Waals surface area contributed by atoms with Crippen molar-refractivity contribution in [2.24, 2.45) is 5.73 Å². The quantitative estimate of drug-likeness (QED) is 0.296. The van der Waals surface area contributed by atoms with Gasteiger partial charge in [-0.25, -0.2) is 9.37 Å². The van der Waals surface area contributed by atoms with Crippen molar-refractivity contribution >= 4 is 23.4 Å². The predicted octanol–water partition coefficient (Wildman–Crippen LogP) is 1.75. The highest BCUT2D eigenvalue weighted by Crippen LogP contribution is 2.17. The van der Waals surface area contributed by atoms with Gasteiger partial charge in [0.15, 0.2) is 0 Å². The molecule has 1 aromatic heterocycles. The monoisotopic (exact) mass is 414 g/mol. The number of carbonyl (C=O) groups is 1. The number of nitrogens with zero attached hydrogens (tertiary/aromatic N) is 2. The Hall–Kier alpha value is -3.22. The van der Waals surface area contributed by atoms with Crippen LogP contribution in [0.1, 0.15) is 31.2 Å². The summed E-state index contributed by atoms with van der Waals surface area (Å²) in [5.41, 5.74) is 6.64. The summed E-state index contributed by atoms with van der Waals surface area (Å²) in [6.07, 6.45) is 2.90. The molecule has 1 heterocycles. The van der Waals surface area contributed by atoms with Crippen molar-refractivity contribution in [3.8, 4) is 11.8 Å². The lowest BCUT2D eigenvalue weighted by Crippen LogP contribution is -2.27. The van der Waals surface area contributed by atoms with Crippen LogP contribution < -0.4 is 21.7 Å². The number of carbonyl (C=O) groups excluding carboxylic acids is 1. The van der Waals surface area contributed by atoms with Crippen LogP contribution in [-0.4, -0.2) is 47.2 Å². The molecule has 1 atom stereocenters. The van der Waals surface area contributed by atoms with Gasteiger partial charge in [-0.15, -0.1) is 0 Å². The second-order valence-corrected chi connectivity index (χ2v) is 6.52. The summed E-state index contributed by atoms with van der Waals surface area (Å²) in [4.78, 5) is 20.2. The fourth-order valence-electron chi connectivity index (χ4n) is 2.45. The average molecular weight is 414 g/mol. The Morgan fingerprint density at radius 1 is 1.33 bits per heavy atom. The maximum absolute atomic E-state index is 13.0. The van der Waals surface area contributed by atoms with Gasteiger partial charge in [0.05, 0.1) is 17.9 Å². The Morgan fingerprint density at radius 2 is 2.10 bits per heavy atom. The van der Waals surface area contributed by atoms with Gasteiger partial charge in [-0.3, -0.25) is 4.79 Å². The minimum atomic E-state index is -0.637. The van der Waals surface area contributed by atoms with Crippen LogP contribution in [0.2, 0.25) is 0 Å². The van der Waals surface area contributed by atoms with E-state index in [-0.39, 0.29) is 24.7 Å². The summed E-state index contributed by atoms with van der Waals surface area (Å²) >= 11 is 0. The summed E-state index contributed by atoms with van der Waals surface area (Å²) in [7, 11) is 1.74. The number of nitrogens with one attached hydrogen (secondary N) is 3. The summed E-state index contributed by atoms with van der Waals surface area (Å²) in [5, 5.41) is 18.1. The summed E-state index contributed by atoms with van der Waals surface area (Å²) < 4.78 is 13.0. The van der Waals surface area contributed by atoms with E-state index in [1.54, 1.807) is 25.4 Å². The Kier molecular flexibility index (Phi) is 9.51. The van der Waals surface area contributed by atoms with Gasteiger partial charge in [-0.05, 0) is 37.1 Å². The van der Waals surface area contributed by atoms with Crippen LogP contribution in [0.25, 0.3) is 0 Å². The van der Waals surface area contributed by atoms with Crippen LogP contribution in [0.4, 0.5) is 21.8 Å². The number of hydrogen-bond acceptors (Lipinski definition) is 7. The van der Waals surface area contributed by atoms with Gasteiger partial charge in [0, 0.05) is 38.7 Å². The Labute approximate surface area is 175 Å². The van der Waals surface area contributed by atoms with Gasteiger partial charge in [0.2, 0.25) is 11.9 Å². The number of halogens is 1. The Bertz CT molecular complexity index is 879. The molecule has 160 valence electrons. The molecule has 0 aliphatic heterocycles. The zero-order chi connectivity index (χ0) is 21.8. The standard InChI is InChI=1S/C21H27FN6O2/c1-24-20-15(5-3-2-4-12-25-19(30)11-10-18(29)13-23)14-26-21(28-20)27-17-8-6-16(22)7-9-17/h6-9,14,18,29H,2,4,10-13,23H2,1H3,(H,25,30)(H2,24,26,27,28)/t18-/m1/s1. The van der Waals surface area contributed by atoms with Gasteiger partial charge in [0.1, 0.15) is 11.6 Å². The van der Waals surface area contributed by atoms with Crippen LogP contribution in [0.3, 0.4) is 0 Å². The Morgan fingerprint density at radius 3 is 2.80 bits per heavy atom. The highest BCUT2D eigenvalue weighted by Gasteiger charge is 2.06. The van der Waals surface area contributed by atoms with Crippen LogP contribution in [-0.2, 0) is 4.79 Å². The molecule has 0 saturated heterocycles. The summed E-state index contributed by atoms with van der Waals surface area (Å²) in [6, 6.07) is 5.91. The van der Waals surface area contributed by atoms with E-state index >= 15 is 0 Å². The smallest absolute Gasteiger partial charge is 0.229 e. The minimum Gasteiger partial charge on any atom is -0.392 e. The van der Waals surface area contributed by atoms with Crippen molar-refractivity contribution in [2.45, 2.75) is 31.8 Å². The lowest BCUT2D eigenvalue weighted by atomic mass is 10.2. The minimum absolute atomic E-state index is 0.106. The van der Waals surface area contributed by atoms with E-state index in [1.807, 2.05) is 0 Å². The number of anilines is 3. The van der Waals surface area contributed by atoms with Crippen LogP contribution in [0.5, 0.6) is 0 Å². The van der Waals surface area contributed by atoms with E-state index in [0.717, 1.165) is 0 Å². The largest absolute Gasteiger partial charge is 0.392 e. The molecule has 0 unspecified atom stereocenters. The number of benzene rings is 1. The van der Waals surface area contributed by atoms with Crippen LogP contribution >= 0.6 is 0 Å². The number of rotatable bonds is 10. The number of nitrogens with two attached hydrogens (primary N) is 1. The van der Waals surface area contributed by atoms with E-state index in [2.05, 4.69) is 37.8 Å². The van der Waals surface area contributed by atoms with Crippen molar-refractivity contribution in [1.29, 1.82) is 0 Å². The first-order valence-electron chi connectivity index (χ1n) is 9.73. The highest BCUT2D eigenvalue weighted by atomic mass is 19.1. The molecule has 8 nitrogen and oxygen atoms in total. The van der Waals surface area contributed by atoms with E-state index in [4.69, 9.17) is 5.73 Å². The van der Waals surface area contributed by atoms with Crippen LogP contribution in [0.15, 0.2) is 30.5 Å². The molecular weight excluding hydrogens is 387 g/mol. The number of unbranched alkanes of at least 4 members (excludes halogenated alkanes) is 1. The third-order valence-corrected chi connectivity index (χ3v) is 4.13. The van der Waals surface area contributed by atoms with Gasteiger partial charge < -0.3 is 26.8 Å². The fourth-order valence-corrected chi connectivity index (χ4v) is 2.45. The molecule has 9 heteroatoms. The molecule has 1 aromatic carbocycles. The van der Waals surface area contributed by atoms with Crippen molar-refractivity contribution in [3.05, 3.63) is 41.8 Å². The molecule has 1 amide bonds. The first kappa shape index (κ1) is 23.1. The number of amides is 1. The summed E-state index contributed by atoms with van der Waals surface area (Å²) in [5.74, 6) is 6.60. The highest BCUT2D eigenvalue weighted by molar-refractivity contribution is 5.75. The van der Waals surface area contributed by atoms with E-state index < -0.39 is 6.10 Å². The number of aromatic nitrogens is 2. The number of aliphatic hydroxyl groups excluding tert-OH is 1. The molecule has 0 spiro atoms. The molecule has 0 radical (unpaired) electrons. The van der Waals surface area contributed by atoms with Crippen molar-refractivity contribution in [3.63, 3.8) is 0 Å². The summed E-state index contributed by atoms with van der Waals surface area (Å²) in [6.45, 7) is 0.673. The molecule has 2 aromatic rings. The maximum atomic E-state index is 13.0. The van der Waals surface area contributed by atoms with Gasteiger partial charge in [-0.1, -0.05) is 11.8 Å². The number of hydrogen-bond donors (Lipinski definition) is 5. The normalized spacial score (nSPS) is 11.2. The molecular formula is C21H27FN6O2. The second-order valence-electron chi connectivity index (χ2n) is 6.52. The topological polar surface area (TPSA) is 125 Å². The van der Waals surface area contributed by atoms with E-state index in [9.17, 15) is 14.3 Å². The Balaban J connectivity index is 1.80. The van der Waals surface area contributed by atoms with Crippen molar-refractivity contribution in [1.82, 2.24) is 15.3 Å². The van der Waals surface area contributed by atoms with Gasteiger partial charge >= 0.3 is 0 Å². The molecule has 0 aliphatic carbocycles.